The van der Waals surface area contributed by atoms with Crippen LogP contribution in [0.2, 0.25) is 0 Å². The number of rotatable bonds is 1. The monoisotopic (exact) mass is 273 g/mol. The van der Waals surface area contributed by atoms with Gasteiger partial charge in [0.2, 0.25) is 0 Å². The highest BCUT2D eigenvalue weighted by atomic mass is 127. The second-order valence-electron chi connectivity index (χ2n) is 2.67. The zero-order valence-corrected chi connectivity index (χ0v) is 9.15. The molecule has 0 aromatic heterocycles. The largest absolute Gasteiger partial charge is 0.399 e. The second kappa shape index (κ2) is 4.50. The van der Waals surface area contributed by atoms with Gasteiger partial charge >= 0.3 is 0 Å². The van der Waals surface area contributed by atoms with Crippen molar-refractivity contribution in [1.82, 2.24) is 0 Å². The molecule has 1 atom stereocenters. The molecule has 1 aliphatic rings. The summed E-state index contributed by atoms with van der Waals surface area (Å²) in [6, 6.07) is 0. The van der Waals surface area contributed by atoms with E-state index < -0.39 is 0 Å². The fraction of sp³-hybridized carbons (Fsp3) is 0.200. The van der Waals surface area contributed by atoms with Crippen molar-refractivity contribution >= 4 is 22.6 Å². The highest BCUT2D eigenvalue weighted by Crippen LogP contribution is 2.14. The summed E-state index contributed by atoms with van der Waals surface area (Å²) in [6.45, 7) is 2.17. The molecule has 0 aromatic carbocycles. The summed E-state index contributed by atoms with van der Waals surface area (Å²) >= 11 is 2.39. The molecule has 1 aliphatic carbocycles. The molecule has 2 N–H and O–H groups in total. The van der Waals surface area contributed by atoms with Crippen LogP contribution in [-0.2, 0) is 0 Å². The number of halogens is 1. The summed E-state index contributed by atoms with van der Waals surface area (Å²) in [5.74, 6) is 0. The molecule has 0 aromatic rings. The van der Waals surface area contributed by atoms with Crippen molar-refractivity contribution in [1.29, 1.82) is 0 Å². The third-order valence-corrected chi connectivity index (χ3v) is 2.33. The van der Waals surface area contributed by atoms with Gasteiger partial charge in [0.25, 0.3) is 0 Å². The number of alkyl halides is 1. The van der Waals surface area contributed by atoms with Crippen LogP contribution in [0.15, 0.2) is 47.7 Å². The Morgan fingerprint density at radius 3 is 2.58 bits per heavy atom. The van der Waals surface area contributed by atoms with Gasteiger partial charge in [-0.15, -0.1) is 0 Å². The molecule has 0 spiro atoms. The first-order valence-corrected chi connectivity index (χ1v) is 5.11. The van der Waals surface area contributed by atoms with E-state index in [0.29, 0.717) is 3.92 Å². The minimum absolute atomic E-state index is 0.538. The Balaban J connectivity index is 2.83. The average molecular weight is 273 g/mol. The van der Waals surface area contributed by atoms with E-state index in [1.54, 1.807) is 0 Å². The molecule has 2 heteroatoms. The van der Waals surface area contributed by atoms with Crippen LogP contribution < -0.4 is 5.73 Å². The Bertz CT molecular complexity index is 270. The number of allylic oxidation sites excluding steroid dienone is 7. The zero-order valence-electron chi connectivity index (χ0n) is 7.00. The van der Waals surface area contributed by atoms with Crippen LogP contribution in [0, 0.1) is 0 Å². The van der Waals surface area contributed by atoms with Crippen molar-refractivity contribution < 1.29 is 0 Å². The Morgan fingerprint density at radius 2 is 1.92 bits per heavy atom. The molecular weight excluding hydrogens is 261 g/mol. The van der Waals surface area contributed by atoms with Crippen LogP contribution in [0.1, 0.15) is 6.92 Å². The van der Waals surface area contributed by atoms with Crippen molar-refractivity contribution in [3.05, 3.63) is 47.7 Å². The van der Waals surface area contributed by atoms with E-state index in [9.17, 15) is 0 Å². The Kier molecular flexibility index (Phi) is 3.59. The molecule has 12 heavy (non-hydrogen) atoms. The van der Waals surface area contributed by atoms with Crippen molar-refractivity contribution in [3.8, 4) is 0 Å². The fourth-order valence-corrected chi connectivity index (χ4v) is 1.33. The maximum Gasteiger partial charge on any atom is 0.0331 e. The van der Waals surface area contributed by atoms with Crippen LogP contribution in [0.5, 0.6) is 0 Å². The van der Waals surface area contributed by atoms with Gasteiger partial charge in [-0.3, -0.25) is 0 Å². The average Bonchev–Trinajstić information content (AvgIpc) is 1.95. The van der Waals surface area contributed by atoms with Crippen LogP contribution in [0.25, 0.3) is 0 Å². The molecule has 0 aliphatic heterocycles. The molecule has 1 nitrogen and oxygen atoms in total. The van der Waals surface area contributed by atoms with E-state index in [1.165, 1.54) is 5.57 Å². The Labute approximate surface area is 86.9 Å². The minimum Gasteiger partial charge on any atom is -0.399 e. The van der Waals surface area contributed by atoms with Crippen molar-refractivity contribution in [3.63, 3.8) is 0 Å². The smallest absolute Gasteiger partial charge is 0.0331 e. The lowest BCUT2D eigenvalue weighted by atomic mass is 10.1. The van der Waals surface area contributed by atoms with Gasteiger partial charge in [0.1, 0.15) is 0 Å². The van der Waals surface area contributed by atoms with Gasteiger partial charge in [0.05, 0.1) is 0 Å². The molecular formula is C10H12IN. The first-order valence-electron chi connectivity index (χ1n) is 3.86. The summed E-state index contributed by atoms with van der Waals surface area (Å²) in [6.07, 6.45) is 12.0. The first-order chi connectivity index (χ1) is 5.70. The van der Waals surface area contributed by atoms with Gasteiger partial charge < -0.3 is 5.73 Å². The predicted molar refractivity (Wildman–Crippen MR) is 62.1 cm³/mol. The second-order valence-corrected chi connectivity index (χ2v) is 4.54. The SMILES string of the molecule is CC(I)C1=C/C=C\C(N)=C/C=C1. The van der Waals surface area contributed by atoms with E-state index >= 15 is 0 Å². The molecule has 0 amide bonds. The maximum absolute atomic E-state index is 5.62. The number of hydrogen-bond donors (Lipinski definition) is 1. The van der Waals surface area contributed by atoms with Gasteiger partial charge in [-0.25, -0.2) is 0 Å². The minimum atomic E-state index is 0.538. The van der Waals surface area contributed by atoms with Gasteiger partial charge in [0.15, 0.2) is 0 Å². The zero-order chi connectivity index (χ0) is 8.97. The highest BCUT2D eigenvalue weighted by molar-refractivity contribution is 14.1. The maximum atomic E-state index is 5.62. The molecule has 0 fully saturated rings. The lowest BCUT2D eigenvalue weighted by Gasteiger charge is -2.04. The molecule has 64 valence electrons. The normalized spacial score (nSPS) is 26.2. The van der Waals surface area contributed by atoms with Crippen molar-refractivity contribution in [2.24, 2.45) is 5.73 Å². The van der Waals surface area contributed by atoms with Gasteiger partial charge in [-0.1, -0.05) is 46.9 Å². The van der Waals surface area contributed by atoms with E-state index in [2.05, 4.69) is 41.7 Å². The highest BCUT2D eigenvalue weighted by Gasteiger charge is 1.99. The molecule has 1 rings (SSSR count). The number of hydrogen-bond acceptors (Lipinski definition) is 1. The molecule has 0 bridgehead atoms. The lowest BCUT2D eigenvalue weighted by Crippen LogP contribution is -1.95. The molecule has 0 saturated heterocycles. The summed E-state index contributed by atoms with van der Waals surface area (Å²) in [7, 11) is 0. The number of nitrogens with two attached hydrogens (primary N) is 1. The third-order valence-electron chi connectivity index (χ3n) is 1.61. The molecule has 0 saturated carbocycles. The first kappa shape index (κ1) is 9.58. The predicted octanol–water partition coefficient (Wildman–Crippen LogP) is 2.70. The van der Waals surface area contributed by atoms with E-state index in [-0.39, 0.29) is 0 Å². The quantitative estimate of drug-likeness (QED) is 0.577. The Hall–Kier alpha value is -0.510. The molecule has 1 unspecified atom stereocenters. The van der Waals surface area contributed by atoms with Crippen molar-refractivity contribution in [2.45, 2.75) is 10.8 Å². The third kappa shape index (κ3) is 2.85. The summed E-state index contributed by atoms with van der Waals surface area (Å²) in [5, 5.41) is 0. The van der Waals surface area contributed by atoms with E-state index in [0.717, 1.165) is 5.70 Å². The van der Waals surface area contributed by atoms with E-state index in [4.69, 9.17) is 5.73 Å². The summed E-state index contributed by atoms with van der Waals surface area (Å²) in [4.78, 5) is 0. The fourth-order valence-electron chi connectivity index (χ4n) is 0.917. The lowest BCUT2D eigenvalue weighted by molar-refractivity contribution is 1.21. The summed E-state index contributed by atoms with van der Waals surface area (Å²) in [5.41, 5.74) is 7.73. The Morgan fingerprint density at radius 1 is 1.25 bits per heavy atom. The van der Waals surface area contributed by atoms with Crippen molar-refractivity contribution in [2.75, 3.05) is 0 Å². The summed E-state index contributed by atoms with van der Waals surface area (Å²) < 4.78 is 0.538. The topological polar surface area (TPSA) is 26.0 Å². The van der Waals surface area contributed by atoms with Crippen LogP contribution in [0.3, 0.4) is 0 Å². The molecule has 0 heterocycles. The van der Waals surface area contributed by atoms with E-state index in [1.807, 2.05) is 24.3 Å². The van der Waals surface area contributed by atoms with Crippen LogP contribution >= 0.6 is 22.6 Å². The van der Waals surface area contributed by atoms with Crippen LogP contribution in [-0.4, -0.2) is 3.92 Å². The standard InChI is InChI=1S/C10H12IN/c1-8(11)9-4-2-6-10(12)7-3-5-9/h2-8H,12H2,1H3/b4-2?,5-3?,6-2-,7-3?,9-4?,9-5?,10-6?,10-7+. The molecule has 0 radical (unpaired) electrons. The van der Waals surface area contributed by atoms with Gasteiger partial charge in [0, 0.05) is 9.62 Å². The van der Waals surface area contributed by atoms with Gasteiger partial charge in [-0.05, 0) is 24.6 Å². The van der Waals surface area contributed by atoms with Gasteiger partial charge in [-0.2, -0.15) is 0 Å². The van der Waals surface area contributed by atoms with Crippen LogP contribution in [0.4, 0.5) is 0 Å².